The molecule has 0 spiro atoms. The summed E-state index contributed by atoms with van der Waals surface area (Å²) >= 11 is 0. The van der Waals surface area contributed by atoms with Crippen molar-refractivity contribution in [1.29, 1.82) is 0 Å². The molecular weight excluding hydrogens is 236 g/mol. The Morgan fingerprint density at radius 1 is 1.11 bits per heavy atom. The fraction of sp³-hybridized carbons (Fsp3) is 0.733. The summed E-state index contributed by atoms with van der Waals surface area (Å²) in [6.45, 7) is 14.7. The molecule has 1 aromatic heterocycles. The Labute approximate surface area is 117 Å². The van der Waals surface area contributed by atoms with E-state index >= 15 is 0 Å². The van der Waals surface area contributed by atoms with Crippen molar-refractivity contribution >= 4 is 11.6 Å². The molecule has 1 unspecified atom stereocenters. The monoisotopic (exact) mass is 264 g/mol. The van der Waals surface area contributed by atoms with E-state index in [9.17, 15) is 0 Å². The van der Waals surface area contributed by atoms with Gasteiger partial charge in [-0.15, -0.1) is 0 Å². The van der Waals surface area contributed by atoms with Crippen LogP contribution < -0.4 is 10.6 Å². The fourth-order valence-corrected chi connectivity index (χ4v) is 1.57. The van der Waals surface area contributed by atoms with Gasteiger partial charge in [0.15, 0.2) is 0 Å². The van der Waals surface area contributed by atoms with Crippen LogP contribution in [0.15, 0.2) is 6.07 Å². The van der Waals surface area contributed by atoms with Crippen molar-refractivity contribution in [3.05, 3.63) is 11.9 Å². The smallest absolute Gasteiger partial charge is 0.138 e. The van der Waals surface area contributed by atoms with Crippen molar-refractivity contribution in [3.8, 4) is 0 Å². The van der Waals surface area contributed by atoms with Crippen molar-refractivity contribution in [2.75, 3.05) is 23.7 Å². The van der Waals surface area contributed by atoms with Gasteiger partial charge in [0.25, 0.3) is 0 Å². The SMILES string of the molecule is CCNc1cc(NCC(C)CC)nc(C(C)(C)C)n1. The van der Waals surface area contributed by atoms with E-state index in [1.807, 2.05) is 6.07 Å². The van der Waals surface area contributed by atoms with Crippen LogP contribution in [0.5, 0.6) is 0 Å². The minimum absolute atomic E-state index is 0.0434. The molecule has 1 rings (SSSR count). The molecule has 4 nitrogen and oxygen atoms in total. The maximum absolute atomic E-state index is 4.63. The summed E-state index contributed by atoms with van der Waals surface area (Å²) in [5.41, 5.74) is -0.0434. The molecule has 108 valence electrons. The Kier molecular flexibility index (Phi) is 5.58. The summed E-state index contributed by atoms with van der Waals surface area (Å²) in [4.78, 5) is 9.21. The lowest BCUT2D eigenvalue weighted by Crippen LogP contribution is -2.19. The normalized spacial score (nSPS) is 13.2. The second kappa shape index (κ2) is 6.73. The molecular formula is C15H28N4. The standard InChI is InChI=1S/C15H28N4/c1-7-11(3)10-17-13-9-12(16-8-2)18-14(19-13)15(4,5)6/h9,11H,7-8,10H2,1-6H3,(H2,16,17,18,19). The van der Waals surface area contributed by atoms with Gasteiger partial charge in [0.1, 0.15) is 17.5 Å². The highest BCUT2D eigenvalue weighted by atomic mass is 15.1. The molecule has 0 bridgehead atoms. The Morgan fingerprint density at radius 3 is 2.16 bits per heavy atom. The lowest BCUT2D eigenvalue weighted by atomic mass is 9.96. The molecule has 0 fully saturated rings. The van der Waals surface area contributed by atoms with Crippen LogP contribution in [0.3, 0.4) is 0 Å². The highest BCUT2D eigenvalue weighted by Gasteiger charge is 2.19. The van der Waals surface area contributed by atoms with Gasteiger partial charge in [-0.1, -0.05) is 41.0 Å². The van der Waals surface area contributed by atoms with Gasteiger partial charge in [-0.3, -0.25) is 0 Å². The van der Waals surface area contributed by atoms with Gasteiger partial charge in [0.2, 0.25) is 0 Å². The molecule has 4 heteroatoms. The fourth-order valence-electron chi connectivity index (χ4n) is 1.57. The zero-order chi connectivity index (χ0) is 14.5. The molecule has 1 atom stereocenters. The predicted molar refractivity (Wildman–Crippen MR) is 82.8 cm³/mol. The number of hydrogen-bond acceptors (Lipinski definition) is 4. The highest BCUT2D eigenvalue weighted by Crippen LogP contribution is 2.22. The van der Waals surface area contributed by atoms with E-state index in [0.29, 0.717) is 5.92 Å². The number of nitrogens with one attached hydrogen (secondary N) is 2. The molecule has 1 aromatic rings. The van der Waals surface area contributed by atoms with Crippen molar-refractivity contribution in [1.82, 2.24) is 9.97 Å². The van der Waals surface area contributed by atoms with Crippen molar-refractivity contribution in [2.45, 2.75) is 53.4 Å². The second-order valence-corrected chi connectivity index (χ2v) is 6.14. The molecule has 2 N–H and O–H groups in total. The Balaban J connectivity index is 2.93. The number of rotatable bonds is 6. The molecule has 0 aromatic carbocycles. The quantitative estimate of drug-likeness (QED) is 0.823. The van der Waals surface area contributed by atoms with Gasteiger partial charge >= 0.3 is 0 Å². The van der Waals surface area contributed by atoms with Crippen LogP contribution in [0.1, 0.15) is 53.8 Å². The minimum Gasteiger partial charge on any atom is -0.370 e. The van der Waals surface area contributed by atoms with Crippen LogP contribution in [0.4, 0.5) is 11.6 Å². The maximum atomic E-state index is 4.63. The average Bonchev–Trinajstić information content (AvgIpc) is 2.35. The third-order valence-electron chi connectivity index (χ3n) is 3.08. The van der Waals surface area contributed by atoms with E-state index in [1.165, 1.54) is 6.42 Å². The summed E-state index contributed by atoms with van der Waals surface area (Å²) in [6.07, 6.45) is 1.17. The third-order valence-corrected chi connectivity index (χ3v) is 3.08. The average molecular weight is 264 g/mol. The van der Waals surface area contributed by atoms with E-state index < -0.39 is 0 Å². The lowest BCUT2D eigenvalue weighted by Gasteiger charge is -2.19. The van der Waals surface area contributed by atoms with Crippen LogP contribution in [0.25, 0.3) is 0 Å². The summed E-state index contributed by atoms with van der Waals surface area (Å²) in [7, 11) is 0. The number of anilines is 2. The summed E-state index contributed by atoms with van der Waals surface area (Å²) in [6, 6.07) is 1.99. The van der Waals surface area contributed by atoms with Crippen molar-refractivity contribution < 1.29 is 0 Å². The van der Waals surface area contributed by atoms with E-state index in [-0.39, 0.29) is 5.41 Å². The molecule has 0 aliphatic rings. The van der Waals surface area contributed by atoms with Gasteiger partial charge in [-0.25, -0.2) is 9.97 Å². The Bertz CT molecular complexity index is 396. The topological polar surface area (TPSA) is 49.8 Å². The zero-order valence-electron chi connectivity index (χ0n) is 13.2. The molecule has 0 amide bonds. The first-order valence-electron chi connectivity index (χ1n) is 7.24. The van der Waals surface area contributed by atoms with Crippen LogP contribution in [0.2, 0.25) is 0 Å². The van der Waals surface area contributed by atoms with E-state index in [0.717, 1.165) is 30.5 Å². The zero-order valence-corrected chi connectivity index (χ0v) is 13.2. The summed E-state index contributed by atoms with van der Waals surface area (Å²) < 4.78 is 0. The lowest BCUT2D eigenvalue weighted by molar-refractivity contribution is 0.545. The van der Waals surface area contributed by atoms with Gasteiger partial charge in [-0.05, 0) is 12.8 Å². The third kappa shape index (κ3) is 5.05. The Hall–Kier alpha value is -1.32. The van der Waals surface area contributed by atoms with Crippen molar-refractivity contribution in [3.63, 3.8) is 0 Å². The van der Waals surface area contributed by atoms with Gasteiger partial charge in [0, 0.05) is 24.6 Å². The number of hydrogen-bond donors (Lipinski definition) is 2. The molecule has 0 radical (unpaired) electrons. The summed E-state index contributed by atoms with van der Waals surface area (Å²) in [5, 5.41) is 6.69. The van der Waals surface area contributed by atoms with Crippen LogP contribution >= 0.6 is 0 Å². The molecule has 0 saturated heterocycles. The molecule has 19 heavy (non-hydrogen) atoms. The first-order chi connectivity index (χ1) is 8.86. The van der Waals surface area contributed by atoms with Crippen molar-refractivity contribution in [2.24, 2.45) is 5.92 Å². The van der Waals surface area contributed by atoms with Gasteiger partial charge < -0.3 is 10.6 Å². The van der Waals surface area contributed by atoms with Crippen LogP contribution in [0, 0.1) is 5.92 Å². The van der Waals surface area contributed by atoms with E-state index in [1.54, 1.807) is 0 Å². The highest BCUT2D eigenvalue weighted by molar-refractivity contribution is 5.48. The molecule has 1 heterocycles. The van der Waals surface area contributed by atoms with Crippen LogP contribution in [-0.4, -0.2) is 23.1 Å². The van der Waals surface area contributed by atoms with Gasteiger partial charge in [0.05, 0.1) is 0 Å². The first-order valence-corrected chi connectivity index (χ1v) is 7.24. The van der Waals surface area contributed by atoms with E-state index in [2.05, 4.69) is 62.1 Å². The second-order valence-electron chi connectivity index (χ2n) is 6.14. The predicted octanol–water partition coefficient (Wildman–Crippen LogP) is 3.66. The minimum atomic E-state index is -0.0434. The number of nitrogens with zero attached hydrogens (tertiary/aromatic N) is 2. The summed E-state index contributed by atoms with van der Waals surface area (Å²) in [5.74, 6) is 3.33. The van der Waals surface area contributed by atoms with Crippen LogP contribution in [-0.2, 0) is 5.41 Å². The first kappa shape index (κ1) is 15.7. The molecule has 0 aliphatic carbocycles. The van der Waals surface area contributed by atoms with E-state index in [4.69, 9.17) is 0 Å². The molecule has 0 aliphatic heterocycles. The molecule has 0 saturated carbocycles. The Morgan fingerprint density at radius 2 is 1.68 bits per heavy atom. The number of aromatic nitrogens is 2. The largest absolute Gasteiger partial charge is 0.370 e. The maximum Gasteiger partial charge on any atom is 0.138 e. The van der Waals surface area contributed by atoms with Gasteiger partial charge in [-0.2, -0.15) is 0 Å².